The van der Waals surface area contributed by atoms with Crippen LogP contribution in [0.4, 0.5) is 0 Å². The second-order valence-electron chi connectivity index (χ2n) is 4.55. The van der Waals surface area contributed by atoms with Gasteiger partial charge in [-0.1, -0.05) is 13.3 Å². The monoisotopic (exact) mass is 206 g/mol. The van der Waals surface area contributed by atoms with Gasteiger partial charge in [0.1, 0.15) is 11.5 Å². The Morgan fingerprint density at radius 2 is 2.33 bits per heavy atom. The van der Waals surface area contributed by atoms with Gasteiger partial charge in [0.25, 0.3) is 0 Å². The molecule has 2 nitrogen and oxygen atoms in total. The molecule has 1 fully saturated rings. The van der Waals surface area contributed by atoms with Crippen LogP contribution in [0.2, 0.25) is 0 Å². The predicted molar refractivity (Wildman–Crippen MR) is 58.8 cm³/mol. The number of rotatable bonds is 2. The molecule has 0 amide bonds. The summed E-state index contributed by atoms with van der Waals surface area (Å²) in [7, 11) is 0. The number of ketones is 1. The highest BCUT2D eigenvalue weighted by Gasteiger charge is 2.30. The van der Waals surface area contributed by atoms with Crippen LogP contribution in [-0.4, -0.2) is 5.78 Å². The second kappa shape index (κ2) is 4.21. The summed E-state index contributed by atoms with van der Waals surface area (Å²) < 4.78 is 5.33. The quantitative estimate of drug-likeness (QED) is 0.741. The molecule has 0 bridgehead atoms. The van der Waals surface area contributed by atoms with Gasteiger partial charge in [-0.05, 0) is 36.8 Å². The van der Waals surface area contributed by atoms with Gasteiger partial charge in [-0.3, -0.25) is 4.79 Å². The number of Topliss-reactive ketones (excluding diaryl/α,β-unsaturated/α-hetero) is 1. The summed E-state index contributed by atoms with van der Waals surface area (Å²) in [5, 5.41) is 0. The molecule has 0 aliphatic heterocycles. The minimum absolute atomic E-state index is 0.397. The van der Waals surface area contributed by atoms with E-state index in [0.29, 0.717) is 24.0 Å². The molecule has 0 aromatic carbocycles. The third-order valence-corrected chi connectivity index (χ3v) is 3.51. The maximum absolute atomic E-state index is 11.5. The van der Waals surface area contributed by atoms with Crippen molar-refractivity contribution in [3.05, 3.63) is 23.7 Å². The normalized spacial score (nSPS) is 26.9. The Balaban J connectivity index is 2.20. The summed E-state index contributed by atoms with van der Waals surface area (Å²) in [6, 6.07) is 2.08. The van der Waals surface area contributed by atoms with Crippen LogP contribution in [0.3, 0.4) is 0 Å². The van der Waals surface area contributed by atoms with E-state index in [4.69, 9.17) is 4.42 Å². The molecule has 0 saturated heterocycles. The van der Waals surface area contributed by atoms with Gasteiger partial charge in [0.15, 0.2) is 0 Å². The van der Waals surface area contributed by atoms with E-state index in [1.54, 1.807) is 0 Å². The Morgan fingerprint density at radius 1 is 1.53 bits per heavy atom. The fourth-order valence-corrected chi connectivity index (χ4v) is 2.60. The third-order valence-electron chi connectivity index (χ3n) is 3.51. The molecule has 1 saturated carbocycles. The predicted octanol–water partition coefficient (Wildman–Crippen LogP) is 3.45. The molecule has 1 heterocycles. The Morgan fingerprint density at radius 3 is 2.93 bits per heavy atom. The first-order valence-electron chi connectivity index (χ1n) is 5.77. The number of furan rings is 1. The van der Waals surface area contributed by atoms with Crippen molar-refractivity contribution in [2.45, 2.75) is 45.4 Å². The van der Waals surface area contributed by atoms with Crippen molar-refractivity contribution >= 4 is 5.78 Å². The lowest BCUT2D eigenvalue weighted by molar-refractivity contribution is -0.121. The standard InChI is InChI=1S/C13H18O2/c1-3-10-4-5-12(14)7-13(10)11-6-9(2)15-8-11/h6,8,10,13H,3-5,7H2,1-2H3. The van der Waals surface area contributed by atoms with E-state index in [1.807, 2.05) is 13.2 Å². The van der Waals surface area contributed by atoms with Crippen LogP contribution in [0, 0.1) is 12.8 Å². The first-order valence-corrected chi connectivity index (χ1v) is 5.77. The smallest absolute Gasteiger partial charge is 0.133 e. The number of carbonyl (C=O) groups excluding carboxylic acids is 1. The van der Waals surface area contributed by atoms with Crippen molar-refractivity contribution in [1.82, 2.24) is 0 Å². The number of carbonyl (C=O) groups is 1. The molecule has 1 aliphatic carbocycles. The number of hydrogen-bond donors (Lipinski definition) is 0. The van der Waals surface area contributed by atoms with E-state index >= 15 is 0 Å². The molecule has 0 spiro atoms. The van der Waals surface area contributed by atoms with Crippen LogP contribution in [0.5, 0.6) is 0 Å². The second-order valence-corrected chi connectivity index (χ2v) is 4.55. The highest BCUT2D eigenvalue weighted by molar-refractivity contribution is 5.80. The highest BCUT2D eigenvalue weighted by Crippen LogP contribution is 2.38. The average molecular weight is 206 g/mol. The van der Waals surface area contributed by atoms with E-state index in [-0.39, 0.29) is 0 Å². The fraction of sp³-hybridized carbons (Fsp3) is 0.615. The summed E-state index contributed by atoms with van der Waals surface area (Å²) in [6.07, 6.45) is 5.50. The van der Waals surface area contributed by atoms with Crippen LogP contribution >= 0.6 is 0 Å². The SMILES string of the molecule is CCC1CCC(=O)CC1c1coc(C)c1. The summed E-state index contributed by atoms with van der Waals surface area (Å²) in [4.78, 5) is 11.5. The largest absolute Gasteiger partial charge is 0.469 e. The molecule has 1 aromatic rings. The number of hydrogen-bond acceptors (Lipinski definition) is 2. The molecule has 0 radical (unpaired) electrons. The van der Waals surface area contributed by atoms with Crippen molar-refractivity contribution in [3.63, 3.8) is 0 Å². The first-order chi connectivity index (χ1) is 7.20. The number of aryl methyl sites for hydroxylation is 1. The Kier molecular flexibility index (Phi) is 2.94. The van der Waals surface area contributed by atoms with E-state index in [2.05, 4.69) is 13.0 Å². The topological polar surface area (TPSA) is 30.2 Å². The minimum Gasteiger partial charge on any atom is -0.469 e. The van der Waals surface area contributed by atoms with Gasteiger partial charge in [-0.25, -0.2) is 0 Å². The fourth-order valence-electron chi connectivity index (χ4n) is 2.60. The highest BCUT2D eigenvalue weighted by atomic mass is 16.3. The van der Waals surface area contributed by atoms with Gasteiger partial charge in [-0.2, -0.15) is 0 Å². The lowest BCUT2D eigenvalue weighted by Crippen LogP contribution is -2.22. The van der Waals surface area contributed by atoms with Crippen molar-refractivity contribution < 1.29 is 9.21 Å². The van der Waals surface area contributed by atoms with Gasteiger partial charge in [0.05, 0.1) is 6.26 Å². The molecule has 2 heteroatoms. The van der Waals surface area contributed by atoms with E-state index in [1.165, 1.54) is 5.56 Å². The molecule has 2 unspecified atom stereocenters. The zero-order valence-electron chi connectivity index (χ0n) is 9.45. The average Bonchev–Trinajstić information content (AvgIpc) is 2.65. The molecule has 1 aliphatic rings. The third kappa shape index (κ3) is 2.14. The molecule has 2 atom stereocenters. The molecule has 15 heavy (non-hydrogen) atoms. The maximum Gasteiger partial charge on any atom is 0.133 e. The van der Waals surface area contributed by atoms with Gasteiger partial charge < -0.3 is 4.42 Å². The molecular formula is C13H18O2. The Bertz CT molecular complexity index is 351. The van der Waals surface area contributed by atoms with E-state index in [0.717, 1.165) is 25.0 Å². The van der Waals surface area contributed by atoms with Crippen molar-refractivity contribution in [2.75, 3.05) is 0 Å². The van der Waals surface area contributed by atoms with Crippen LogP contribution in [-0.2, 0) is 4.79 Å². The molecule has 2 rings (SSSR count). The van der Waals surface area contributed by atoms with Crippen molar-refractivity contribution in [3.8, 4) is 0 Å². The molecule has 0 N–H and O–H groups in total. The summed E-state index contributed by atoms with van der Waals surface area (Å²) in [5.74, 6) is 2.40. The lowest BCUT2D eigenvalue weighted by atomic mass is 9.74. The Hall–Kier alpha value is -1.05. The lowest BCUT2D eigenvalue weighted by Gasteiger charge is -2.29. The van der Waals surface area contributed by atoms with E-state index in [9.17, 15) is 4.79 Å². The van der Waals surface area contributed by atoms with Crippen molar-refractivity contribution in [2.24, 2.45) is 5.92 Å². The van der Waals surface area contributed by atoms with Crippen molar-refractivity contribution in [1.29, 1.82) is 0 Å². The van der Waals surface area contributed by atoms with Gasteiger partial charge in [-0.15, -0.1) is 0 Å². The zero-order valence-corrected chi connectivity index (χ0v) is 9.45. The molecular weight excluding hydrogens is 188 g/mol. The van der Waals surface area contributed by atoms with Crippen LogP contribution in [0.25, 0.3) is 0 Å². The summed E-state index contributed by atoms with van der Waals surface area (Å²) in [5.41, 5.74) is 1.22. The van der Waals surface area contributed by atoms with Crippen LogP contribution in [0.15, 0.2) is 16.7 Å². The Labute approximate surface area is 90.7 Å². The van der Waals surface area contributed by atoms with Gasteiger partial charge in [0, 0.05) is 12.8 Å². The maximum atomic E-state index is 11.5. The summed E-state index contributed by atoms with van der Waals surface area (Å²) >= 11 is 0. The van der Waals surface area contributed by atoms with E-state index < -0.39 is 0 Å². The van der Waals surface area contributed by atoms with Crippen LogP contribution < -0.4 is 0 Å². The molecule has 1 aromatic heterocycles. The van der Waals surface area contributed by atoms with Gasteiger partial charge in [0.2, 0.25) is 0 Å². The van der Waals surface area contributed by atoms with Gasteiger partial charge >= 0.3 is 0 Å². The first kappa shape index (κ1) is 10.5. The van der Waals surface area contributed by atoms with Crippen LogP contribution in [0.1, 0.15) is 49.8 Å². The molecule has 82 valence electrons. The zero-order chi connectivity index (χ0) is 10.8. The minimum atomic E-state index is 0.397. The summed E-state index contributed by atoms with van der Waals surface area (Å²) in [6.45, 7) is 4.16.